The van der Waals surface area contributed by atoms with Crippen molar-refractivity contribution in [3.63, 3.8) is 0 Å². The van der Waals surface area contributed by atoms with Gasteiger partial charge in [-0.1, -0.05) is 37.3 Å². The summed E-state index contributed by atoms with van der Waals surface area (Å²) in [5.74, 6) is 0.469. The van der Waals surface area contributed by atoms with Gasteiger partial charge < -0.3 is 5.32 Å². The number of halogens is 1. The summed E-state index contributed by atoms with van der Waals surface area (Å²) in [7, 11) is 0. The molecule has 4 heteroatoms. The third-order valence-corrected chi connectivity index (χ3v) is 4.39. The van der Waals surface area contributed by atoms with E-state index in [-0.39, 0.29) is 0 Å². The molecule has 1 atom stereocenters. The van der Waals surface area contributed by atoms with Crippen LogP contribution in [0, 0.1) is 0 Å². The van der Waals surface area contributed by atoms with Gasteiger partial charge in [-0.2, -0.15) is 5.10 Å². The minimum absolute atomic E-state index is 0.469. The molecule has 0 aliphatic heterocycles. The molecule has 0 fully saturated rings. The third kappa shape index (κ3) is 4.42. The lowest BCUT2D eigenvalue weighted by Crippen LogP contribution is -2.24. The van der Waals surface area contributed by atoms with E-state index in [2.05, 4.69) is 75.2 Å². The Kier molecular flexibility index (Phi) is 6.46. The summed E-state index contributed by atoms with van der Waals surface area (Å²) < 4.78 is 3.20. The van der Waals surface area contributed by atoms with Crippen molar-refractivity contribution in [1.82, 2.24) is 15.1 Å². The monoisotopic (exact) mass is 349 g/mol. The van der Waals surface area contributed by atoms with Gasteiger partial charge in [0.05, 0.1) is 16.4 Å². The van der Waals surface area contributed by atoms with E-state index in [1.165, 1.54) is 11.3 Å². The van der Waals surface area contributed by atoms with E-state index in [1.807, 2.05) is 6.20 Å². The number of rotatable bonds is 8. The highest BCUT2D eigenvalue weighted by Gasteiger charge is 2.17. The van der Waals surface area contributed by atoms with Crippen molar-refractivity contribution in [3.8, 4) is 0 Å². The molecule has 1 aromatic carbocycles. The van der Waals surface area contributed by atoms with E-state index in [0.29, 0.717) is 5.92 Å². The van der Waals surface area contributed by atoms with Gasteiger partial charge in [0, 0.05) is 19.0 Å². The van der Waals surface area contributed by atoms with Gasteiger partial charge in [-0.05, 0) is 47.8 Å². The number of nitrogens with one attached hydrogen (secondary N) is 1. The SMILES string of the molecule is CCCNCC(Cc1c(Br)cnn1CC)c1ccccc1. The molecule has 2 rings (SSSR count). The van der Waals surface area contributed by atoms with E-state index < -0.39 is 0 Å². The minimum Gasteiger partial charge on any atom is -0.316 e. The molecule has 0 saturated heterocycles. The molecule has 0 aliphatic rings. The molecule has 1 heterocycles. The highest BCUT2D eigenvalue weighted by molar-refractivity contribution is 9.10. The number of aryl methyl sites for hydroxylation is 1. The van der Waals surface area contributed by atoms with Crippen molar-refractivity contribution in [1.29, 1.82) is 0 Å². The van der Waals surface area contributed by atoms with E-state index in [0.717, 1.165) is 36.9 Å². The molecule has 114 valence electrons. The zero-order valence-electron chi connectivity index (χ0n) is 12.8. The summed E-state index contributed by atoms with van der Waals surface area (Å²) in [6, 6.07) is 10.8. The zero-order valence-corrected chi connectivity index (χ0v) is 14.4. The molecule has 0 aliphatic carbocycles. The lowest BCUT2D eigenvalue weighted by Gasteiger charge is -2.19. The van der Waals surface area contributed by atoms with Crippen molar-refractivity contribution in [2.75, 3.05) is 13.1 Å². The lowest BCUT2D eigenvalue weighted by molar-refractivity contribution is 0.542. The van der Waals surface area contributed by atoms with Gasteiger partial charge in [0.25, 0.3) is 0 Å². The molecule has 1 unspecified atom stereocenters. The summed E-state index contributed by atoms with van der Waals surface area (Å²) in [5.41, 5.74) is 2.67. The van der Waals surface area contributed by atoms with Crippen LogP contribution in [-0.4, -0.2) is 22.9 Å². The van der Waals surface area contributed by atoms with Gasteiger partial charge in [0.15, 0.2) is 0 Å². The lowest BCUT2D eigenvalue weighted by atomic mass is 9.94. The molecule has 0 amide bonds. The smallest absolute Gasteiger partial charge is 0.0635 e. The maximum atomic E-state index is 4.43. The normalized spacial score (nSPS) is 12.5. The maximum Gasteiger partial charge on any atom is 0.0635 e. The van der Waals surface area contributed by atoms with Crippen molar-refractivity contribution in [2.24, 2.45) is 0 Å². The largest absolute Gasteiger partial charge is 0.316 e. The average molecular weight is 350 g/mol. The Morgan fingerprint density at radius 2 is 2.00 bits per heavy atom. The van der Waals surface area contributed by atoms with Crippen LogP contribution < -0.4 is 5.32 Å². The second-order valence-corrected chi connectivity index (χ2v) is 6.13. The van der Waals surface area contributed by atoms with E-state index in [1.54, 1.807) is 0 Å². The summed E-state index contributed by atoms with van der Waals surface area (Å²) in [4.78, 5) is 0. The van der Waals surface area contributed by atoms with Crippen LogP contribution in [0.3, 0.4) is 0 Å². The molecular formula is C17H24BrN3. The second-order valence-electron chi connectivity index (χ2n) is 5.27. The van der Waals surface area contributed by atoms with Crippen LogP contribution in [0.5, 0.6) is 0 Å². The van der Waals surface area contributed by atoms with Crippen LogP contribution in [0.4, 0.5) is 0 Å². The Hall–Kier alpha value is -1.13. The number of hydrogen-bond donors (Lipinski definition) is 1. The number of benzene rings is 1. The predicted octanol–water partition coefficient (Wildman–Crippen LogP) is 3.99. The van der Waals surface area contributed by atoms with E-state index in [9.17, 15) is 0 Å². The fourth-order valence-electron chi connectivity index (χ4n) is 2.58. The zero-order chi connectivity index (χ0) is 15.1. The molecule has 2 aromatic rings. The highest BCUT2D eigenvalue weighted by Crippen LogP contribution is 2.25. The highest BCUT2D eigenvalue weighted by atomic mass is 79.9. The average Bonchev–Trinajstić information content (AvgIpc) is 2.87. The molecule has 0 spiro atoms. The van der Waals surface area contributed by atoms with Crippen molar-refractivity contribution < 1.29 is 0 Å². The summed E-state index contributed by atoms with van der Waals surface area (Å²) in [6.07, 6.45) is 4.06. The topological polar surface area (TPSA) is 29.9 Å². The van der Waals surface area contributed by atoms with E-state index >= 15 is 0 Å². The molecule has 1 N–H and O–H groups in total. The Morgan fingerprint density at radius 3 is 2.67 bits per heavy atom. The van der Waals surface area contributed by atoms with Gasteiger partial charge in [-0.3, -0.25) is 4.68 Å². The summed E-state index contributed by atoms with van der Waals surface area (Å²) >= 11 is 3.64. The Balaban J connectivity index is 2.17. The first-order valence-corrected chi connectivity index (χ1v) is 8.51. The van der Waals surface area contributed by atoms with Crippen LogP contribution in [0.1, 0.15) is 37.4 Å². The van der Waals surface area contributed by atoms with Gasteiger partial charge in [-0.15, -0.1) is 0 Å². The van der Waals surface area contributed by atoms with Crippen molar-refractivity contribution in [2.45, 2.75) is 39.2 Å². The van der Waals surface area contributed by atoms with Gasteiger partial charge >= 0.3 is 0 Å². The molecule has 21 heavy (non-hydrogen) atoms. The van der Waals surface area contributed by atoms with Gasteiger partial charge in [0.2, 0.25) is 0 Å². The van der Waals surface area contributed by atoms with Gasteiger partial charge in [0.1, 0.15) is 0 Å². The number of aromatic nitrogens is 2. The van der Waals surface area contributed by atoms with Crippen LogP contribution in [0.15, 0.2) is 41.0 Å². The first-order chi connectivity index (χ1) is 10.3. The molecule has 3 nitrogen and oxygen atoms in total. The Morgan fingerprint density at radius 1 is 1.24 bits per heavy atom. The quantitative estimate of drug-likeness (QED) is 0.730. The summed E-state index contributed by atoms with van der Waals surface area (Å²) in [5, 5.41) is 7.98. The number of nitrogens with zero attached hydrogens (tertiary/aromatic N) is 2. The van der Waals surface area contributed by atoms with Crippen LogP contribution in [-0.2, 0) is 13.0 Å². The van der Waals surface area contributed by atoms with Crippen molar-refractivity contribution >= 4 is 15.9 Å². The minimum atomic E-state index is 0.469. The molecular weight excluding hydrogens is 326 g/mol. The standard InChI is InChI=1S/C17H24BrN3/c1-3-10-19-12-15(14-8-6-5-7-9-14)11-17-16(18)13-20-21(17)4-2/h5-9,13,15,19H,3-4,10-12H2,1-2H3. The van der Waals surface area contributed by atoms with Crippen LogP contribution in [0.25, 0.3) is 0 Å². The molecule has 0 saturated carbocycles. The fourth-order valence-corrected chi connectivity index (χ4v) is 3.04. The Labute approximate surface area is 135 Å². The van der Waals surface area contributed by atoms with Crippen LogP contribution in [0.2, 0.25) is 0 Å². The second kappa shape index (κ2) is 8.35. The van der Waals surface area contributed by atoms with E-state index in [4.69, 9.17) is 0 Å². The molecule has 0 radical (unpaired) electrons. The Bertz CT molecular complexity index is 536. The van der Waals surface area contributed by atoms with Crippen LogP contribution >= 0.6 is 15.9 Å². The van der Waals surface area contributed by atoms with Gasteiger partial charge in [-0.25, -0.2) is 0 Å². The number of hydrogen-bond acceptors (Lipinski definition) is 2. The first kappa shape index (κ1) is 16.2. The molecule has 0 bridgehead atoms. The molecule has 1 aromatic heterocycles. The summed E-state index contributed by atoms with van der Waals surface area (Å²) in [6.45, 7) is 7.31. The fraction of sp³-hybridized carbons (Fsp3) is 0.471. The maximum absolute atomic E-state index is 4.43. The van der Waals surface area contributed by atoms with Crippen molar-refractivity contribution in [3.05, 3.63) is 52.3 Å². The predicted molar refractivity (Wildman–Crippen MR) is 91.6 cm³/mol. The first-order valence-electron chi connectivity index (χ1n) is 7.72. The third-order valence-electron chi connectivity index (χ3n) is 3.73.